The summed E-state index contributed by atoms with van der Waals surface area (Å²) in [7, 11) is 3.77. The van der Waals surface area contributed by atoms with E-state index < -0.39 is 16.7 Å². The van der Waals surface area contributed by atoms with E-state index in [1.807, 2.05) is 24.1 Å². The van der Waals surface area contributed by atoms with E-state index in [0.717, 1.165) is 30.5 Å². The number of nitrogens with two attached hydrogens (primary N) is 1. The summed E-state index contributed by atoms with van der Waals surface area (Å²) in [6.45, 7) is 0.184. The molecular weight excluding hydrogens is 280 g/mol. The molecule has 114 valence electrons. The summed E-state index contributed by atoms with van der Waals surface area (Å²) in [4.78, 5) is 16.4. The van der Waals surface area contributed by atoms with Crippen LogP contribution in [0.3, 0.4) is 0 Å². The molecule has 0 radical (unpaired) electrons. The smallest absolute Gasteiger partial charge is 0.274 e. The highest BCUT2D eigenvalue weighted by molar-refractivity contribution is 6.13. The quantitative estimate of drug-likeness (QED) is 0.756. The van der Waals surface area contributed by atoms with Crippen LogP contribution >= 0.6 is 0 Å². The van der Waals surface area contributed by atoms with Gasteiger partial charge in [0.2, 0.25) is 0 Å². The summed E-state index contributed by atoms with van der Waals surface area (Å²) in [5, 5.41) is 23.6. The normalized spacial score (nSPS) is 34.0. The highest BCUT2D eigenvalue weighted by Gasteiger charge is 2.70. The number of amides is 1. The van der Waals surface area contributed by atoms with Crippen LogP contribution in [0.25, 0.3) is 0 Å². The molecule has 2 aliphatic heterocycles. The Balaban J connectivity index is 2.34. The first-order valence-corrected chi connectivity index (χ1v) is 7.33. The zero-order valence-corrected chi connectivity index (χ0v) is 12.8. The molecule has 3 aliphatic rings. The lowest BCUT2D eigenvalue weighted by Crippen LogP contribution is -2.61. The van der Waals surface area contributed by atoms with E-state index in [9.17, 15) is 15.3 Å². The van der Waals surface area contributed by atoms with Gasteiger partial charge >= 0.3 is 0 Å². The molecular formula is C15H18N6O. The molecule has 22 heavy (non-hydrogen) atoms. The number of nitrogens with zero attached hydrogens (tertiary/aromatic N) is 5. The number of carbonyl (C=O) groups excluding carboxylic acids is 1. The Kier molecular flexibility index (Phi) is 3.01. The third-order valence-corrected chi connectivity index (χ3v) is 5.05. The molecule has 0 saturated heterocycles. The number of fused-ring (bicyclic) bond motifs is 2. The van der Waals surface area contributed by atoms with Crippen molar-refractivity contribution in [3.8, 4) is 12.1 Å². The Bertz CT molecular complexity index is 694. The molecule has 7 nitrogen and oxygen atoms in total. The third kappa shape index (κ3) is 1.42. The molecule has 0 aromatic rings. The number of hydrazine groups is 1. The van der Waals surface area contributed by atoms with Gasteiger partial charge in [0.05, 0.1) is 18.7 Å². The molecule has 2 heterocycles. The van der Waals surface area contributed by atoms with Crippen molar-refractivity contribution in [2.75, 3.05) is 20.6 Å². The van der Waals surface area contributed by atoms with Gasteiger partial charge in [-0.2, -0.15) is 15.5 Å². The first-order valence-electron chi connectivity index (χ1n) is 7.33. The van der Waals surface area contributed by atoms with Gasteiger partial charge in [-0.3, -0.25) is 4.79 Å². The van der Waals surface area contributed by atoms with Crippen LogP contribution in [0.15, 0.2) is 16.3 Å². The van der Waals surface area contributed by atoms with Crippen molar-refractivity contribution in [1.29, 1.82) is 10.5 Å². The van der Waals surface area contributed by atoms with Crippen LogP contribution in [0, 0.1) is 33.5 Å². The monoisotopic (exact) mass is 298 g/mol. The minimum absolute atomic E-state index is 0.0366. The molecule has 7 heteroatoms. The lowest BCUT2D eigenvalue weighted by molar-refractivity contribution is -0.126. The highest BCUT2D eigenvalue weighted by atomic mass is 16.2. The van der Waals surface area contributed by atoms with E-state index in [0.29, 0.717) is 6.42 Å². The lowest BCUT2D eigenvalue weighted by atomic mass is 9.57. The number of hydrogen-bond donors (Lipinski definition) is 1. The van der Waals surface area contributed by atoms with Gasteiger partial charge in [0.25, 0.3) is 5.91 Å². The number of carbonyl (C=O) groups is 1. The van der Waals surface area contributed by atoms with Gasteiger partial charge in [-0.1, -0.05) is 0 Å². The molecule has 3 rings (SSSR count). The van der Waals surface area contributed by atoms with Gasteiger partial charge in [-0.05, 0) is 31.3 Å². The predicted molar refractivity (Wildman–Crippen MR) is 78.6 cm³/mol. The minimum Gasteiger partial charge on any atom is -0.386 e. The maximum Gasteiger partial charge on any atom is 0.274 e. The third-order valence-electron chi connectivity index (χ3n) is 5.05. The van der Waals surface area contributed by atoms with E-state index >= 15 is 0 Å². The fourth-order valence-corrected chi connectivity index (χ4v) is 3.92. The van der Waals surface area contributed by atoms with E-state index in [1.54, 1.807) is 0 Å². The van der Waals surface area contributed by atoms with Crippen LogP contribution in [0.4, 0.5) is 0 Å². The van der Waals surface area contributed by atoms with Crippen LogP contribution in [0.1, 0.15) is 25.7 Å². The van der Waals surface area contributed by atoms with Gasteiger partial charge < -0.3 is 10.7 Å². The van der Waals surface area contributed by atoms with Crippen molar-refractivity contribution < 1.29 is 4.79 Å². The van der Waals surface area contributed by atoms with Crippen LogP contribution in [0.2, 0.25) is 0 Å². The van der Waals surface area contributed by atoms with Gasteiger partial charge in [-0.25, -0.2) is 5.01 Å². The summed E-state index contributed by atoms with van der Waals surface area (Å²) in [6.07, 6.45) is 3.34. The van der Waals surface area contributed by atoms with Crippen molar-refractivity contribution in [3.05, 3.63) is 11.3 Å². The summed E-state index contributed by atoms with van der Waals surface area (Å²) in [6, 6.07) is 4.31. The number of hydrogen-bond acceptors (Lipinski definition) is 6. The SMILES string of the molecule is CN(C)N1CC2(C#N)C(N)=NC(=O)C2(C#N)C2=C1CCCC2. The largest absolute Gasteiger partial charge is 0.386 e. The maximum absolute atomic E-state index is 12.6. The van der Waals surface area contributed by atoms with Gasteiger partial charge in [-0.15, -0.1) is 0 Å². The number of nitriles is 2. The van der Waals surface area contributed by atoms with E-state index in [4.69, 9.17) is 5.73 Å². The molecule has 2 unspecified atom stereocenters. The number of amidine groups is 1. The van der Waals surface area contributed by atoms with Crippen molar-refractivity contribution in [2.24, 2.45) is 21.6 Å². The summed E-state index contributed by atoms with van der Waals surface area (Å²) >= 11 is 0. The zero-order chi connectivity index (χ0) is 16.1. The van der Waals surface area contributed by atoms with Gasteiger partial charge in [0.1, 0.15) is 5.84 Å². The van der Waals surface area contributed by atoms with Crippen LogP contribution in [0.5, 0.6) is 0 Å². The van der Waals surface area contributed by atoms with Crippen molar-refractivity contribution in [1.82, 2.24) is 10.0 Å². The molecule has 0 saturated carbocycles. The molecule has 0 fully saturated rings. The summed E-state index contributed by atoms with van der Waals surface area (Å²) in [5.41, 5.74) is 4.71. The van der Waals surface area contributed by atoms with Crippen molar-refractivity contribution in [3.63, 3.8) is 0 Å². The van der Waals surface area contributed by atoms with Crippen LogP contribution < -0.4 is 5.73 Å². The highest BCUT2D eigenvalue weighted by Crippen LogP contribution is 2.57. The maximum atomic E-state index is 12.6. The average molecular weight is 298 g/mol. The molecule has 0 aromatic carbocycles. The zero-order valence-electron chi connectivity index (χ0n) is 12.8. The predicted octanol–water partition coefficient (Wildman–Crippen LogP) is 0.524. The Labute approximate surface area is 129 Å². The molecule has 1 amide bonds. The first-order chi connectivity index (χ1) is 10.4. The molecule has 0 aromatic heterocycles. The van der Waals surface area contributed by atoms with E-state index in [-0.39, 0.29) is 12.4 Å². The second-order valence-corrected chi connectivity index (χ2v) is 6.22. The molecule has 0 bridgehead atoms. The number of allylic oxidation sites excluding steroid dienone is 1. The first kappa shape index (κ1) is 14.6. The standard InChI is InChI=1S/C15H18N6O/c1-20(2)21-9-14(7-16)12(18)19-13(22)15(14,8-17)10-5-3-4-6-11(10)21/h3-6,9H2,1-2H3,(H2,18,19,22). The van der Waals surface area contributed by atoms with Gasteiger partial charge in [0, 0.05) is 19.8 Å². The fourth-order valence-electron chi connectivity index (χ4n) is 3.92. The number of rotatable bonds is 1. The van der Waals surface area contributed by atoms with Crippen LogP contribution in [-0.4, -0.2) is 42.4 Å². The summed E-state index contributed by atoms with van der Waals surface area (Å²) in [5.74, 6) is -0.618. The lowest BCUT2D eigenvalue weighted by Gasteiger charge is -2.50. The van der Waals surface area contributed by atoms with Gasteiger partial charge in [0.15, 0.2) is 10.8 Å². The molecule has 0 spiro atoms. The molecule has 2 atom stereocenters. The summed E-state index contributed by atoms with van der Waals surface area (Å²) < 4.78 is 0. The Morgan fingerprint density at radius 2 is 1.95 bits per heavy atom. The van der Waals surface area contributed by atoms with Crippen molar-refractivity contribution in [2.45, 2.75) is 25.7 Å². The Hall–Kier alpha value is -2.38. The molecule has 1 aliphatic carbocycles. The topological polar surface area (TPSA) is 110 Å². The van der Waals surface area contributed by atoms with Crippen molar-refractivity contribution >= 4 is 11.7 Å². The molecule has 2 N–H and O–H groups in total. The van der Waals surface area contributed by atoms with E-state index in [1.165, 1.54) is 0 Å². The Morgan fingerprint density at radius 1 is 1.27 bits per heavy atom. The number of aliphatic imine (C=N–C) groups is 1. The van der Waals surface area contributed by atoms with E-state index in [2.05, 4.69) is 17.1 Å². The minimum atomic E-state index is -1.55. The second-order valence-electron chi connectivity index (χ2n) is 6.22. The second kappa shape index (κ2) is 4.56. The fraction of sp³-hybridized carbons (Fsp3) is 0.600. The Morgan fingerprint density at radius 3 is 2.55 bits per heavy atom. The van der Waals surface area contributed by atoms with Crippen LogP contribution in [-0.2, 0) is 4.79 Å². The average Bonchev–Trinajstić information content (AvgIpc) is 2.74.